The van der Waals surface area contributed by atoms with E-state index in [1.807, 2.05) is 18.2 Å². The van der Waals surface area contributed by atoms with Crippen LogP contribution in [0.25, 0.3) is 0 Å². The number of thiophene rings is 1. The zero-order chi connectivity index (χ0) is 18.4. The average molecular weight is 371 g/mol. The molecule has 134 valence electrons. The van der Waals surface area contributed by atoms with E-state index in [1.54, 1.807) is 23.6 Å². The molecule has 0 spiro atoms. The van der Waals surface area contributed by atoms with Gasteiger partial charge in [0.05, 0.1) is 30.0 Å². The number of hydrogen-bond donors (Lipinski definition) is 1. The minimum Gasteiger partial charge on any atom is -0.452 e. The van der Waals surface area contributed by atoms with Gasteiger partial charge in [-0.1, -0.05) is 12.1 Å². The maximum atomic E-state index is 12.4. The van der Waals surface area contributed by atoms with Gasteiger partial charge in [0.25, 0.3) is 5.91 Å². The molecular formula is C18H17N3O4S. The van der Waals surface area contributed by atoms with E-state index in [4.69, 9.17) is 14.7 Å². The Morgan fingerprint density at radius 3 is 2.81 bits per heavy atom. The zero-order valence-electron chi connectivity index (χ0n) is 13.9. The van der Waals surface area contributed by atoms with E-state index in [1.165, 1.54) is 11.3 Å². The topological polar surface area (TPSA) is 91.7 Å². The van der Waals surface area contributed by atoms with Crippen molar-refractivity contribution < 1.29 is 19.1 Å². The lowest BCUT2D eigenvalue weighted by Gasteiger charge is -2.30. The van der Waals surface area contributed by atoms with Gasteiger partial charge >= 0.3 is 5.97 Å². The SMILES string of the molecule is N#Cc1ccsc1NC(=O)COC(=O)c1ccccc1N1CCOCC1. The number of amides is 1. The summed E-state index contributed by atoms with van der Waals surface area (Å²) in [6.07, 6.45) is 0. The highest BCUT2D eigenvalue weighted by molar-refractivity contribution is 7.14. The highest BCUT2D eigenvalue weighted by Crippen LogP contribution is 2.23. The van der Waals surface area contributed by atoms with E-state index in [9.17, 15) is 9.59 Å². The van der Waals surface area contributed by atoms with Gasteiger partial charge in [0.2, 0.25) is 0 Å². The molecule has 1 fully saturated rings. The molecule has 1 saturated heterocycles. The van der Waals surface area contributed by atoms with Crippen LogP contribution >= 0.6 is 11.3 Å². The largest absolute Gasteiger partial charge is 0.452 e. The molecule has 0 radical (unpaired) electrons. The van der Waals surface area contributed by atoms with Gasteiger partial charge in [-0.05, 0) is 23.6 Å². The van der Waals surface area contributed by atoms with Gasteiger partial charge in [0.15, 0.2) is 6.61 Å². The van der Waals surface area contributed by atoms with Crippen LogP contribution in [0.15, 0.2) is 35.7 Å². The highest BCUT2D eigenvalue weighted by atomic mass is 32.1. The number of anilines is 2. The first kappa shape index (κ1) is 17.9. The van der Waals surface area contributed by atoms with Gasteiger partial charge in [-0.15, -0.1) is 11.3 Å². The predicted molar refractivity (Wildman–Crippen MR) is 97.4 cm³/mol. The summed E-state index contributed by atoms with van der Waals surface area (Å²) in [5.74, 6) is -1.05. The Morgan fingerprint density at radius 2 is 2.04 bits per heavy atom. The summed E-state index contributed by atoms with van der Waals surface area (Å²) in [6.45, 7) is 2.18. The van der Waals surface area contributed by atoms with Crippen LogP contribution in [0.5, 0.6) is 0 Å². The lowest BCUT2D eigenvalue weighted by atomic mass is 10.1. The van der Waals surface area contributed by atoms with Crippen LogP contribution in [-0.2, 0) is 14.3 Å². The van der Waals surface area contributed by atoms with Crippen molar-refractivity contribution in [2.24, 2.45) is 0 Å². The molecule has 0 aliphatic carbocycles. The second-order valence-electron chi connectivity index (χ2n) is 5.52. The fraction of sp³-hybridized carbons (Fsp3) is 0.278. The highest BCUT2D eigenvalue weighted by Gasteiger charge is 2.20. The van der Waals surface area contributed by atoms with Gasteiger partial charge in [0, 0.05) is 13.1 Å². The fourth-order valence-corrected chi connectivity index (χ4v) is 3.35. The molecule has 2 aromatic rings. The molecule has 1 aromatic carbocycles. The molecule has 26 heavy (non-hydrogen) atoms. The summed E-state index contributed by atoms with van der Waals surface area (Å²) in [7, 11) is 0. The molecule has 0 saturated carbocycles. The van der Waals surface area contributed by atoms with Gasteiger partial charge in [-0.25, -0.2) is 4.79 Å². The third-order valence-electron chi connectivity index (χ3n) is 3.85. The van der Waals surface area contributed by atoms with Gasteiger partial charge in [-0.2, -0.15) is 5.26 Å². The first-order chi connectivity index (χ1) is 12.7. The summed E-state index contributed by atoms with van der Waals surface area (Å²) in [4.78, 5) is 26.5. The number of nitrogens with one attached hydrogen (secondary N) is 1. The van der Waals surface area contributed by atoms with E-state index in [-0.39, 0.29) is 0 Å². The monoisotopic (exact) mass is 371 g/mol. The Hall–Kier alpha value is -2.89. The molecule has 1 amide bonds. The van der Waals surface area contributed by atoms with Crippen LogP contribution in [0, 0.1) is 11.3 Å². The van der Waals surface area contributed by atoms with E-state index >= 15 is 0 Å². The molecule has 7 nitrogen and oxygen atoms in total. The second-order valence-corrected chi connectivity index (χ2v) is 6.43. The number of esters is 1. The van der Waals surface area contributed by atoms with Crippen LogP contribution in [0.1, 0.15) is 15.9 Å². The number of nitriles is 1. The maximum Gasteiger partial charge on any atom is 0.340 e. The van der Waals surface area contributed by atoms with Gasteiger partial charge < -0.3 is 19.7 Å². The van der Waals surface area contributed by atoms with E-state index in [0.717, 1.165) is 5.69 Å². The first-order valence-corrected chi connectivity index (χ1v) is 8.93. The Morgan fingerprint density at radius 1 is 1.27 bits per heavy atom. The molecule has 0 unspecified atom stereocenters. The molecule has 1 aliphatic heterocycles. The minimum absolute atomic E-state index is 0.382. The molecular weight excluding hydrogens is 354 g/mol. The van der Waals surface area contributed by atoms with E-state index < -0.39 is 18.5 Å². The van der Waals surface area contributed by atoms with Crippen molar-refractivity contribution in [3.8, 4) is 6.07 Å². The number of para-hydroxylation sites is 1. The molecule has 3 rings (SSSR count). The number of rotatable bonds is 5. The second kappa shape index (κ2) is 8.47. The fourth-order valence-electron chi connectivity index (χ4n) is 2.59. The summed E-state index contributed by atoms with van der Waals surface area (Å²) < 4.78 is 10.5. The Kier molecular flexibility index (Phi) is 5.84. The van der Waals surface area contributed by atoms with Crippen LogP contribution in [0.3, 0.4) is 0 Å². The van der Waals surface area contributed by atoms with E-state index in [2.05, 4.69) is 10.2 Å². The quantitative estimate of drug-likeness (QED) is 0.811. The van der Waals surface area contributed by atoms with Crippen molar-refractivity contribution in [3.05, 3.63) is 46.8 Å². The third kappa shape index (κ3) is 4.20. The van der Waals surface area contributed by atoms with Crippen LogP contribution in [-0.4, -0.2) is 44.8 Å². The summed E-state index contributed by atoms with van der Waals surface area (Å²) in [5.41, 5.74) is 1.56. The molecule has 1 aliphatic rings. The van der Waals surface area contributed by atoms with Crippen molar-refractivity contribution in [2.45, 2.75) is 0 Å². The van der Waals surface area contributed by atoms with Crippen molar-refractivity contribution in [3.63, 3.8) is 0 Å². The molecule has 0 atom stereocenters. The molecule has 8 heteroatoms. The number of hydrogen-bond acceptors (Lipinski definition) is 7. The van der Waals surface area contributed by atoms with Crippen molar-refractivity contribution in [1.29, 1.82) is 5.26 Å². The molecule has 1 N–H and O–H groups in total. The van der Waals surface area contributed by atoms with Gasteiger partial charge in [0.1, 0.15) is 11.1 Å². The van der Waals surface area contributed by atoms with Crippen molar-refractivity contribution in [2.75, 3.05) is 43.1 Å². The summed E-state index contributed by atoms with van der Waals surface area (Å²) >= 11 is 1.24. The maximum absolute atomic E-state index is 12.4. The molecule has 1 aromatic heterocycles. The van der Waals surface area contributed by atoms with Crippen LogP contribution in [0.4, 0.5) is 10.7 Å². The number of nitrogens with zero attached hydrogens (tertiary/aromatic N) is 2. The van der Waals surface area contributed by atoms with Crippen molar-refractivity contribution >= 4 is 33.9 Å². The Bertz CT molecular complexity index is 837. The van der Waals surface area contributed by atoms with Gasteiger partial charge in [-0.3, -0.25) is 4.79 Å². The summed E-state index contributed by atoms with van der Waals surface area (Å²) in [6, 6.07) is 10.7. The number of carbonyl (C=O) groups is 2. The molecule has 2 heterocycles. The minimum atomic E-state index is -0.561. The number of ether oxygens (including phenoxy) is 2. The number of morpholine rings is 1. The lowest BCUT2D eigenvalue weighted by molar-refractivity contribution is -0.119. The lowest BCUT2D eigenvalue weighted by Crippen LogP contribution is -2.37. The number of benzene rings is 1. The Labute approximate surface area is 154 Å². The molecule has 0 bridgehead atoms. The predicted octanol–water partition coefficient (Wildman–Crippen LogP) is 2.25. The first-order valence-electron chi connectivity index (χ1n) is 8.05. The van der Waals surface area contributed by atoms with Crippen molar-refractivity contribution in [1.82, 2.24) is 0 Å². The standard InChI is InChI=1S/C18H17N3O4S/c19-11-13-5-10-26-17(13)20-16(22)12-25-18(23)14-3-1-2-4-15(14)21-6-8-24-9-7-21/h1-5,10H,6-9,12H2,(H,20,22). The number of carbonyl (C=O) groups excluding carboxylic acids is 2. The Balaban J connectivity index is 1.62. The normalized spacial score (nSPS) is 13.7. The van der Waals surface area contributed by atoms with Crippen LogP contribution in [0.2, 0.25) is 0 Å². The zero-order valence-corrected chi connectivity index (χ0v) is 14.8. The summed E-state index contributed by atoms with van der Waals surface area (Å²) in [5, 5.41) is 13.7. The smallest absolute Gasteiger partial charge is 0.340 e. The average Bonchev–Trinajstić information content (AvgIpc) is 3.14. The van der Waals surface area contributed by atoms with Crippen LogP contribution < -0.4 is 10.2 Å². The third-order valence-corrected chi connectivity index (χ3v) is 4.68. The van der Waals surface area contributed by atoms with E-state index in [0.29, 0.717) is 42.4 Å².